The second kappa shape index (κ2) is 13.3. The molecule has 2 nitrogen and oxygen atoms in total. The van der Waals surface area contributed by atoms with Crippen molar-refractivity contribution >= 4 is 11.8 Å². The van der Waals surface area contributed by atoms with E-state index in [2.05, 4.69) is 11.6 Å². The first-order chi connectivity index (χ1) is 6.91. The second-order valence-electron chi connectivity index (χ2n) is 3.35. The molecule has 0 aromatic heterocycles. The smallest absolute Gasteiger partial charge is 0.0477 e. The van der Waals surface area contributed by atoms with Gasteiger partial charge in [0.25, 0.3) is 0 Å². The Kier molecular flexibility index (Phi) is 13.5. The van der Waals surface area contributed by atoms with E-state index in [0.717, 1.165) is 26.2 Å². The molecule has 0 heterocycles. The number of unbranched alkanes of at least 4 members (excludes halogenated alkanes) is 2. The van der Waals surface area contributed by atoms with E-state index in [1.165, 1.54) is 31.6 Å². The predicted molar refractivity (Wildman–Crippen MR) is 66.2 cm³/mol. The van der Waals surface area contributed by atoms with Gasteiger partial charge in [-0.05, 0) is 51.3 Å². The highest BCUT2D eigenvalue weighted by Crippen LogP contribution is 2.01. The number of hydrogen-bond donors (Lipinski definition) is 1. The van der Waals surface area contributed by atoms with E-state index in [0.29, 0.717) is 0 Å². The van der Waals surface area contributed by atoms with Gasteiger partial charge in [0.2, 0.25) is 0 Å². The standard InChI is InChI=1S/C11H25NOS/c1-3-13-10-7-9-12-8-5-4-6-11-14-2/h12H,3-11H2,1-2H3. The van der Waals surface area contributed by atoms with Crippen LogP contribution in [-0.2, 0) is 4.74 Å². The first-order valence-electron chi connectivity index (χ1n) is 5.69. The summed E-state index contributed by atoms with van der Waals surface area (Å²) in [7, 11) is 0. The molecule has 0 bridgehead atoms. The van der Waals surface area contributed by atoms with Crippen molar-refractivity contribution in [2.45, 2.75) is 32.6 Å². The Balaban J connectivity index is 2.78. The van der Waals surface area contributed by atoms with Crippen molar-refractivity contribution in [2.24, 2.45) is 0 Å². The van der Waals surface area contributed by atoms with Gasteiger partial charge < -0.3 is 10.1 Å². The molecule has 0 rings (SSSR count). The number of ether oxygens (including phenoxy) is 1. The Morgan fingerprint density at radius 3 is 2.57 bits per heavy atom. The first-order valence-corrected chi connectivity index (χ1v) is 7.08. The molecule has 0 unspecified atom stereocenters. The fraction of sp³-hybridized carbons (Fsp3) is 1.00. The first kappa shape index (κ1) is 14.3. The van der Waals surface area contributed by atoms with E-state index in [-0.39, 0.29) is 0 Å². The molecule has 0 radical (unpaired) electrons. The summed E-state index contributed by atoms with van der Waals surface area (Å²) in [5, 5.41) is 3.43. The molecule has 0 aliphatic carbocycles. The Hall–Kier alpha value is 0.270. The van der Waals surface area contributed by atoms with Gasteiger partial charge >= 0.3 is 0 Å². The number of nitrogens with one attached hydrogen (secondary N) is 1. The van der Waals surface area contributed by atoms with Gasteiger partial charge in [-0.2, -0.15) is 11.8 Å². The average molecular weight is 219 g/mol. The van der Waals surface area contributed by atoms with Crippen LogP contribution in [0.25, 0.3) is 0 Å². The summed E-state index contributed by atoms with van der Waals surface area (Å²) in [4.78, 5) is 0. The summed E-state index contributed by atoms with van der Waals surface area (Å²) in [6, 6.07) is 0. The van der Waals surface area contributed by atoms with Gasteiger partial charge in [0.05, 0.1) is 0 Å². The Labute approximate surface area is 93.2 Å². The third-order valence-corrected chi connectivity index (χ3v) is 2.75. The van der Waals surface area contributed by atoms with Gasteiger partial charge in [0.1, 0.15) is 0 Å². The summed E-state index contributed by atoms with van der Waals surface area (Å²) in [5.41, 5.74) is 0. The Bertz CT molecular complexity index is 89.3. The van der Waals surface area contributed by atoms with Crippen LogP contribution >= 0.6 is 11.8 Å². The molecule has 0 aromatic carbocycles. The third kappa shape index (κ3) is 12.3. The fourth-order valence-electron chi connectivity index (χ4n) is 1.24. The summed E-state index contributed by atoms with van der Waals surface area (Å²) >= 11 is 1.94. The van der Waals surface area contributed by atoms with Crippen LogP contribution in [0.4, 0.5) is 0 Å². The maximum atomic E-state index is 5.25. The Morgan fingerprint density at radius 2 is 1.86 bits per heavy atom. The molecule has 0 aliphatic heterocycles. The van der Waals surface area contributed by atoms with Crippen molar-refractivity contribution in [1.29, 1.82) is 0 Å². The molecule has 0 aliphatic rings. The number of rotatable bonds is 11. The van der Waals surface area contributed by atoms with Gasteiger partial charge in [-0.15, -0.1) is 0 Å². The predicted octanol–water partition coefficient (Wildman–Crippen LogP) is 2.54. The molecule has 0 saturated carbocycles. The summed E-state index contributed by atoms with van der Waals surface area (Å²) < 4.78 is 5.25. The van der Waals surface area contributed by atoms with Crippen LogP contribution < -0.4 is 5.32 Å². The molecular weight excluding hydrogens is 194 g/mol. The minimum atomic E-state index is 0.842. The van der Waals surface area contributed by atoms with Crippen molar-refractivity contribution < 1.29 is 4.74 Å². The minimum Gasteiger partial charge on any atom is -0.382 e. The van der Waals surface area contributed by atoms with Crippen LogP contribution in [0.1, 0.15) is 32.6 Å². The molecule has 14 heavy (non-hydrogen) atoms. The third-order valence-electron chi connectivity index (χ3n) is 2.05. The average Bonchev–Trinajstić information content (AvgIpc) is 2.21. The van der Waals surface area contributed by atoms with Crippen molar-refractivity contribution in [1.82, 2.24) is 5.32 Å². The van der Waals surface area contributed by atoms with Crippen molar-refractivity contribution in [2.75, 3.05) is 38.3 Å². The van der Waals surface area contributed by atoms with E-state index in [9.17, 15) is 0 Å². The van der Waals surface area contributed by atoms with E-state index in [4.69, 9.17) is 4.74 Å². The maximum Gasteiger partial charge on any atom is 0.0477 e. The monoisotopic (exact) mass is 219 g/mol. The van der Waals surface area contributed by atoms with Gasteiger partial charge in [-0.25, -0.2) is 0 Å². The summed E-state index contributed by atoms with van der Waals surface area (Å²) in [6.45, 7) is 6.05. The zero-order valence-electron chi connectivity index (χ0n) is 9.68. The zero-order chi connectivity index (χ0) is 10.5. The fourth-order valence-corrected chi connectivity index (χ4v) is 1.73. The molecule has 0 saturated heterocycles. The zero-order valence-corrected chi connectivity index (χ0v) is 10.5. The molecule has 3 heteroatoms. The van der Waals surface area contributed by atoms with Crippen LogP contribution in [0.3, 0.4) is 0 Å². The summed E-state index contributed by atoms with van der Waals surface area (Å²) in [6.07, 6.45) is 7.35. The highest BCUT2D eigenvalue weighted by atomic mass is 32.2. The van der Waals surface area contributed by atoms with E-state index >= 15 is 0 Å². The SMILES string of the molecule is CCOCCCNCCCCCSC. The van der Waals surface area contributed by atoms with Crippen LogP contribution in [0, 0.1) is 0 Å². The van der Waals surface area contributed by atoms with Gasteiger partial charge in [-0.3, -0.25) is 0 Å². The van der Waals surface area contributed by atoms with Crippen LogP contribution in [0.5, 0.6) is 0 Å². The molecular formula is C11H25NOS. The number of hydrogen-bond acceptors (Lipinski definition) is 3. The molecule has 0 atom stereocenters. The lowest BCUT2D eigenvalue weighted by Crippen LogP contribution is -2.18. The summed E-state index contributed by atoms with van der Waals surface area (Å²) in [5.74, 6) is 1.31. The minimum absolute atomic E-state index is 0.842. The lowest BCUT2D eigenvalue weighted by molar-refractivity contribution is 0.145. The van der Waals surface area contributed by atoms with Crippen LogP contribution in [0.15, 0.2) is 0 Å². The van der Waals surface area contributed by atoms with Crippen LogP contribution in [-0.4, -0.2) is 38.3 Å². The van der Waals surface area contributed by atoms with E-state index in [1.54, 1.807) is 0 Å². The van der Waals surface area contributed by atoms with Gasteiger partial charge in [0.15, 0.2) is 0 Å². The maximum absolute atomic E-state index is 5.25. The highest BCUT2D eigenvalue weighted by Gasteiger charge is 1.90. The van der Waals surface area contributed by atoms with E-state index in [1.807, 2.05) is 18.7 Å². The number of thioether (sulfide) groups is 1. The van der Waals surface area contributed by atoms with Crippen LogP contribution in [0.2, 0.25) is 0 Å². The van der Waals surface area contributed by atoms with Gasteiger partial charge in [-0.1, -0.05) is 6.42 Å². The quantitative estimate of drug-likeness (QED) is 0.540. The lowest BCUT2D eigenvalue weighted by atomic mass is 10.2. The normalized spacial score (nSPS) is 10.7. The van der Waals surface area contributed by atoms with Crippen molar-refractivity contribution in [3.63, 3.8) is 0 Å². The van der Waals surface area contributed by atoms with Crippen molar-refractivity contribution in [3.05, 3.63) is 0 Å². The molecule has 0 fully saturated rings. The second-order valence-corrected chi connectivity index (χ2v) is 4.34. The van der Waals surface area contributed by atoms with Gasteiger partial charge in [0, 0.05) is 13.2 Å². The lowest BCUT2D eigenvalue weighted by Gasteiger charge is -2.04. The van der Waals surface area contributed by atoms with Crippen molar-refractivity contribution in [3.8, 4) is 0 Å². The molecule has 0 amide bonds. The highest BCUT2D eigenvalue weighted by molar-refractivity contribution is 7.98. The molecule has 1 N–H and O–H groups in total. The molecule has 86 valence electrons. The van der Waals surface area contributed by atoms with E-state index < -0.39 is 0 Å². The molecule has 0 spiro atoms. The molecule has 0 aromatic rings. The largest absolute Gasteiger partial charge is 0.382 e. The Morgan fingerprint density at radius 1 is 1.07 bits per heavy atom. The topological polar surface area (TPSA) is 21.3 Å².